The first kappa shape index (κ1) is 22.2. The summed E-state index contributed by atoms with van der Waals surface area (Å²) >= 11 is 0. The number of sulfonamides is 1. The number of methoxy groups -OCH3 is 1. The van der Waals surface area contributed by atoms with Gasteiger partial charge in [-0.25, -0.2) is 8.42 Å². The van der Waals surface area contributed by atoms with Crippen LogP contribution >= 0.6 is 0 Å². The molecule has 0 fully saturated rings. The van der Waals surface area contributed by atoms with Crippen molar-refractivity contribution >= 4 is 33.0 Å². The highest BCUT2D eigenvalue weighted by molar-refractivity contribution is 7.92. The Kier molecular flexibility index (Phi) is 6.50. The van der Waals surface area contributed by atoms with Gasteiger partial charge in [0.15, 0.2) is 0 Å². The van der Waals surface area contributed by atoms with Crippen molar-refractivity contribution in [1.29, 1.82) is 0 Å². The first-order valence-electron chi connectivity index (χ1n) is 9.55. The fourth-order valence-electron chi connectivity index (χ4n) is 3.00. The van der Waals surface area contributed by atoms with Gasteiger partial charge in [0, 0.05) is 38.1 Å². The summed E-state index contributed by atoms with van der Waals surface area (Å²) in [5.74, 6) is 0.129. The second kappa shape index (κ2) is 9.09. The zero-order valence-corrected chi connectivity index (χ0v) is 18.7. The molecule has 1 N–H and O–H groups in total. The maximum atomic E-state index is 13.0. The van der Waals surface area contributed by atoms with Crippen molar-refractivity contribution in [2.45, 2.75) is 4.90 Å². The number of anilines is 3. The Morgan fingerprint density at radius 3 is 2.06 bits per heavy atom. The predicted molar refractivity (Wildman–Crippen MR) is 124 cm³/mol. The standard InChI is InChI=1S/C23H25N3O4S/c1-25(2)19-13-11-18(12-14-19)24-23(27)17-9-15-20(16-10-17)31(28,29)26(3)21-7-5-6-8-22(21)30-4/h5-16H,1-4H3,(H,24,27). The van der Waals surface area contributed by atoms with Crippen LogP contribution in [0.3, 0.4) is 0 Å². The third-order valence-corrected chi connectivity index (χ3v) is 6.63. The van der Waals surface area contributed by atoms with E-state index in [1.807, 2.05) is 43.3 Å². The van der Waals surface area contributed by atoms with Crippen LogP contribution < -0.4 is 19.3 Å². The van der Waals surface area contributed by atoms with Crippen molar-refractivity contribution in [1.82, 2.24) is 0 Å². The van der Waals surface area contributed by atoms with Gasteiger partial charge in [-0.3, -0.25) is 9.10 Å². The summed E-state index contributed by atoms with van der Waals surface area (Å²) < 4.78 is 32.5. The Bertz CT molecular complexity index is 1160. The lowest BCUT2D eigenvalue weighted by Gasteiger charge is -2.21. The highest BCUT2D eigenvalue weighted by Crippen LogP contribution is 2.31. The lowest BCUT2D eigenvalue weighted by atomic mass is 10.2. The normalized spacial score (nSPS) is 11.0. The predicted octanol–water partition coefficient (Wildman–Crippen LogP) is 3.84. The average molecular weight is 440 g/mol. The van der Waals surface area contributed by atoms with E-state index in [0.29, 0.717) is 22.7 Å². The number of para-hydroxylation sites is 2. The molecule has 8 heteroatoms. The van der Waals surface area contributed by atoms with Gasteiger partial charge in [-0.05, 0) is 60.7 Å². The summed E-state index contributed by atoms with van der Waals surface area (Å²) in [5, 5.41) is 2.81. The van der Waals surface area contributed by atoms with Crippen LogP contribution in [0.15, 0.2) is 77.7 Å². The molecule has 0 unspecified atom stereocenters. The molecule has 31 heavy (non-hydrogen) atoms. The Hall–Kier alpha value is -3.52. The molecule has 0 aliphatic heterocycles. The van der Waals surface area contributed by atoms with E-state index in [1.165, 1.54) is 38.4 Å². The third-order valence-electron chi connectivity index (χ3n) is 4.84. The minimum atomic E-state index is -3.82. The molecular weight excluding hydrogens is 414 g/mol. The van der Waals surface area contributed by atoms with Crippen LogP contribution in [0.25, 0.3) is 0 Å². The van der Waals surface area contributed by atoms with E-state index in [4.69, 9.17) is 4.74 Å². The molecule has 3 aromatic carbocycles. The number of nitrogens with one attached hydrogen (secondary N) is 1. The number of amides is 1. The number of hydrogen-bond donors (Lipinski definition) is 1. The Morgan fingerprint density at radius 1 is 0.871 bits per heavy atom. The average Bonchev–Trinajstić information content (AvgIpc) is 2.78. The molecule has 0 saturated heterocycles. The molecule has 0 aromatic heterocycles. The van der Waals surface area contributed by atoms with Gasteiger partial charge in [0.2, 0.25) is 0 Å². The van der Waals surface area contributed by atoms with Gasteiger partial charge in [0.25, 0.3) is 15.9 Å². The fraction of sp³-hybridized carbons (Fsp3) is 0.174. The van der Waals surface area contributed by atoms with E-state index in [-0.39, 0.29) is 10.8 Å². The van der Waals surface area contributed by atoms with E-state index in [2.05, 4.69) is 5.32 Å². The molecule has 0 atom stereocenters. The monoisotopic (exact) mass is 439 g/mol. The Labute approximate surface area is 182 Å². The quantitative estimate of drug-likeness (QED) is 0.605. The topological polar surface area (TPSA) is 78.9 Å². The molecule has 0 spiro atoms. The number of ether oxygens (including phenoxy) is 1. The van der Waals surface area contributed by atoms with Crippen molar-refractivity contribution in [3.63, 3.8) is 0 Å². The summed E-state index contributed by atoms with van der Waals surface area (Å²) in [4.78, 5) is 14.6. The van der Waals surface area contributed by atoms with Crippen molar-refractivity contribution in [2.75, 3.05) is 42.8 Å². The Balaban J connectivity index is 1.77. The zero-order chi connectivity index (χ0) is 22.6. The van der Waals surface area contributed by atoms with Crippen LogP contribution in [0.2, 0.25) is 0 Å². The molecule has 0 heterocycles. The van der Waals surface area contributed by atoms with Crippen LogP contribution in [0.5, 0.6) is 5.75 Å². The molecular formula is C23H25N3O4S. The summed E-state index contributed by atoms with van der Waals surface area (Å²) in [7, 11) is 3.01. The highest BCUT2D eigenvalue weighted by atomic mass is 32.2. The van der Waals surface area contributed by atoms with Gasteiger partial charge in [-0.15, -0.1) is 0 Å². The Morgan fingerprint density at radius 2 is 1.48 bits per heavy atom. The van der Waals surface area contributed by atoms with Gasteiger partial charge in [0.05, 0.1) is 17.7 Å². The maximum absolute atomic E-state index is 13.0. The molecule has 0 radical (unpaired) electrons. The number of benzene rings is 3. The molecule has 0 saturated carbocycles. The van der Waals surface area contributed by atoms with Gasteiger partial charge >= 0.3 is 0 Å². The molecule has 1 amide bonds. The van der Waals surface area contributed by atoms with Crippen molar-refractivity contribution in [3.8, 4) is 5.75 Å². The van der Waals surface area contributed by atoms with Crippen LogP contribution in [0.1, 0.15) is 10.4 Å². The molecule has 0 aliphatic rings. The van der Waals surface area contributed by atoms with Crippen LogP contribution in [-0.2, 0) is 10.0 Å². The number of carbonyl (C=O) groups is 1. The van der Waals surface area contributed by atoms with E-state index >= 15 is 0 Å². The molecule has 162 valence electrons. The summed E-state index contributed by atoms with van der Waals surface area (Å²) in [6, 6.07) is 20.1. The smallest absolute Gasteiger partial charge is 0.264 e. The number of nitrogens with zero attached hydrogens (tertiary/aromatic N) is 2. The van der Waals surface area contributed by atoms with Gasteiger partial charge in [0.1, 0.15) is 5.75 Å². The third kappa shape index (κ3) is 4.80. The van der Waals surface area contributed by atoms with Crippen molar-refractivity contribution < 1.29 is 17.9 Å². The van der Waals surface area contributed by atoms with Gasteiger partial charge in [-0.2, -0.15) is 0 Å². The lowest BCUT2D eigenvalue weighted by Crippen LogP contribution is -2.27. The van der Waals surface area contributed by atoms with E-state index in [1.54, 1.807) is 24.3 Å². The fourth-order valence-corrected chi connectivity index (χ4v) is 4.21. The number of hydrogen-bond acceptors (Lipinski definition) is 5. The molecule has 3 rings (SSSR count). The second-order valence-electron chi connectivity index (χ2n) is 7.06. The summed E-state index contributed by atoms with van der Waals surface area (Å²) in [6.07, 6.45) is 0. The van der Waals surface area contributed by atoms with E-state index < -0.39 is 10.0 Å². The van der Waals surface area contributed by atoms with Crippen LogP contribution in [0.4, 0.5) is 17.1 Å². The minimum Gasteiger partial charge on any atom is -0.495 e. The lowest BCUT2D eigenvalue weighted by molar-refractivity contribution is 0.102. The number of carbonyl (C=O) groups excluding carboxylic acids is 1. The zero-order valence-electron chi connectivity index (χ0n) is 17.9. The minimum absolute atomic E-state index is 0.0767. The number of rotatable bonds is 7. The molecule has 7 nitrogen and oxygen atoms in total. The van der Waals surface area contributed by atoms with E-state index in [9.17, 15) is 13.2 Å². The highest BCUT2D eigenvalue weighted by Gasteiger charge is 2.24. The maximum Gasteiger partial charge on any atom is 0.264 e. The van der Waals surface area contributed by atoms with Crippen LogP contribution in [-0.4, -0.2) is 42.6 Å². The largest absolute Gasteiger partial charge is 0.495 e. The van der Waals surface area contributed by atoms with Gasteiger partial charge in [-0.1, -0.05) is 12.1 Å². The molecule has 3 aromatic rings. The first-order chi connectivity index (χ1) is 14.7. The first-order valence-corrected chi connectivity index (χ1v) is 11.0. The second-order valence-corrected chi connectivity index (χ2v) is 9.03. The van der Waals surface area contributed by atoms with Crippen molar-refractivity contribution in [2.24, 2.45) is 0 Å². The van der Waals surface area contributed by atoms with E-state index in [0.717, 1.165) is 9.99 Å². The van der Waals surface area contributed by atoms with Crippen molar-refractivity contribution in [3.05, 3.63) is 78.4 Å². The van der Waals surface area contributed by atoms with Gasteiger partial charge < -0.3 is 15.0 Å². The molecule has 0 aliphatic carbocycles. The summed E-state index contributed by atoms with van der Waals surface area (Å²) in [6.45, 7) is 0. The molecule has 0 bridgehead atoms. The SMILES string of the molecule is COc1ccccc1N(C)S(=O)(=O)c1ccc(C(=O)Nc2ccc(N(C)C)cc2)cc1. The summed E-state index contributed by atoms with van der Waals surface area (Å²) in [5.41, 5.74) is 2.46. The van der Waals surface area contributed by atoms with Crippen LogP contribution in [0, 0.1) is 0 Å².